The number of alkyl halides is 3. The van der Waals surface area contributed by atoms with Crippen LogP contribution in [0, 0.1) is 5.82 Å². The number of rotatable bonds is 2. The van der Waals surface area contributed by atoms with Crippen LogP contribution in [0.3, 0.4) is 0 Å². The minimum atomic E-state index is -4.66. The molecule has 1 unspecified atom stereocenters. The molecule has 158 valence electrons. The summed E-state index contributed by atoms with van der Waals surface area (Å²) in [5.74, 6) is -0.943. The number of hydrogen-bond donors (Lipinski definition) is 1. The van der Waals surface area contributed by atoms with Crippen molar-refractivity contribution in [2.45, 2.75) is 29.6 Å². The summed E-state index contributed by atoms with van der Waals surface area (Å²) in [7, 11) is 0. The van der Waals surface area contributed by atoms with Crippen LogP contribution in [0.2, 0.25) is 10.0 Å². The quantitative estimate of drug-likeness (QED) is 0.339. The van der Waals surface area contributed by atoms with Gasteiger partial charge in [-0.05, 0) is 52.4 Å². The van der Waals surface area contributed by atoms with Crippen LogP contribution in [0.25, 0.3) is 0 Å². The molecule has 3 nitrogen and oxygen atoms in total. The minimum absolute atomic E-state index is 0.223. The van der Waals surface area contributed by atoms with E-state index in [0.717, 1.165) is 36.3 Å². The highest BCUT2D eigenvalue weighted by Gasteiger charge is 2.60. The van der Waals surface area contributed by atoms with E-state index in [2.05, 4.69) is 9.71 Å². The molecule has 1 atom stereocenters. The highest BCUT2D eigenvalue weighted by Crippen LogP contribution is 2.57. The number of hydrogen-bond acceptors (Lipinski definition) is 4. The van der Waals surface area contributed by atoms with E-state index in [1.807, 2.05) is 12.1 Å². The molecule has 0 amide bonds. The molecule has 10 heteroatoms. The van der Waals surface area contributed by atoms with Gasteiger partial charge >= 0.3 is 6.18 Å². The maximum absolute atomic E-state index is 14.2. The summed E-state index contributed by atoms with van der Waals surface area (Å²) in [5, 5.41) is 2.28. The summed E-state index contributed by atoms with van der Waals surface area (Å²) in [6, 6.07) is 7.49. The van der Waals surface area contributed by atoms with E-state index in [-0.39, 0.29) is 11.2 Å². The predicted molar refractivity (Wildman–Crippen MR) is 109 cm³/mol. The van der Waals surface area contributed by atoms with Gasteiger partial charge in [0.25, 0.3) is 0 Å². The third-order valence-corrected chi connectivity index (χ3v) is 7.68. The number of halogens is 6. The summed E-state index contributed by atoms with van der Waals surface area (Å²) in [6.07, 6.45) is -5.07. The fourth-order valence-corrected chi connectivity index (χ4v) is 5.57. The van der Waals surface area contributed by atoms with E-state index in [0.29, 0.717) is 29.8 Å². The molecular formula is C20H14Cl2F4N2OS. The standard InChI is InChI=1S/C20H14Cl2F4N2OS/c21-14-4-12(5-15(22)17(14)23)19(20(24,25)26)6-16(28-30-19)10-1-2-13-11(3-10)7-29-18(13)8-27-9-18/h1-5,27H,6-9H2. The van der Waals surface area contributed by atoms with Crippen molar-refractivity contribution in [3.63, 3.8) is 0 Å². The zero-order valence-electron chi connectivity index (χ0n) is 15.2. The number of nitrogens with zero attached hydrogens (tertiary/aromatic N) is 1. The first-order chi connectivity index (χ1) is 14.2. The molecule has 2 aromatic carbocycles. The summed E-state index contributed by atoms with van der Waals surface area (Å²) in [4.78, 5) is 0. The second-order valence-electron chi connectivity index (χ2n) is 7.64. The summed E-state index contributed by atoms with van der Waals surface area (Å²) in [6.45, 7) is 1.86. The lowest BCUT2D eigenvalue weighted by molar-refractivity contribution is -0.159. The normalized spacial score (nSPS) is 24.7. The lowest BCUT2D eigenvalue weighted by atomic mass is 9.85. The van der Waals surface area contributed by atoms with Gasteiger partial charge in [-0.2, -0.15) is 13.2 Å². The zero-order chi connectivity index (χ0) is 21.3. The van der Waals surface area contributed by atoms with E-state index in [9.17, 15) is 17.6 Å². The van der Waals surface area contributed by atoms with Gasteiger partial charge < -0.3 is 10.1 Å². The molecule has 2 aromatic rings. The first-order valence-corrected chi connectivity index (χ1v) is 10.6. The van der Waals surface area contributed by atoms with E-state index in [4.69, 9.17) is 27.9 Å². The molecule has 0 radical (unpaired) electrons. The van der Waals surface area contributed by atoms with E-state index in [1.165, 1.54) is 0 Å². The molecule has 30 heavy (non-hydrogen) atoms. The zero-order valence-corrected chi connectivity index (χ0v) is 17.6. The second-order valence-corrected chi connectivity index (χ2v) is 9.52. The molecule has 0 aliphatic carbocycles. The molecule has 1 spiro atoms. The van der Waals surface area contributed by atoms with Crippen LogP contribution >= 0.6 is 35.1 Å². The van der Waals surface area contributed by atoms with Crippen LogP contribution in [-0.4, -0.2) is 25.0 Å². The van der Waals surface area contributed by atoms with Gasteiger partial charge in [-0.1, -0.05) is 35.3 Å². The minimum Gasteiger partial charge on any atom is -0.363 e. The van der Waals surface area contributed by atoms with E-state index < -0.39 is 33.2 Å². The van der Waals surface area contributed by atoms with E-state index >= 15 is 0 Å². The maximum atomic E-state index is 14.2. The molecule has 5 rings (SSSR count). The fraction of sp³-hybridized carbons (Fsp3) is 0.350. The van der Waals surface area contributed by atoms with Gasteiger partial charge in [-0.15, -0.1) is 0 Å². The Bertz CT molecular complexity index is 1060. The van der Waals surface area contributed by atoms with Gasteiger partial charge in [0.05, 0.1) is 22.4 Å². The van der Waals surface area contributed by atoms with Gasteiger partial charge in [-0.25, -0.2) is 8.79 Å². The Hall–Kier alpha value is -1.32. The average molecular weight is 477 g/mol. The number of nitrogens with one attached hydrogen (secondary N) is 1. The molecule has 3 heterocycles. The Kier molecular flexibility index (Phi) is 4.69. The Balaban J connectivity index is 1.51. The highest BCUT2D eigenvalue weighted by molar-refractivity contribution is 7.99. The predicted octanol–water partition coefficient (Wildman–Crippen LogP) is 5.76. The van der Waals surface area contributed by atoms with Crippen molar-refractivity contribution >= 4 is 40.9 Å². The molecular weight excluding hydrogens is 463 g/mol. The van der Waals surface area contributed by atoms with Gasteiger partial charge in [0.15, 0.2) is 10.6 Å². The Morgan fingerprint density at radius 2 is 1.80 bits per heavy atom. The van der Waals surface area contributed by atoms with Crippen molar-refractivity contribution in [1.29, 1.82) is 0 Å². The van der Waals surface area contributed by atoms with Crippen LogP contribution in [0.5, 0.6) is 0 Å². The van der Waals surface area contributed by atoms with Crippen LogP contribution < -0.4 is 5.32 Å². The number of fused-ring (bicyclic) bond motifs is 2. The molecule has 3 aliphatic heterocycles. The fourth-order valence-electron chi connectivity index (χ4n) is 4.12. The van der Waals surface area contributed by atoms with Gasteiger partial charge in [0.2, 0.25) is 0 Å². The Morgan fingerprint density at radius 1 is 1.10 bits per heavy atom. The van der Waals surface area contributed by atoms with Crippen molar-refractivity contribution in [1.82, 2.24) is 5.32 Å². The molecule has 0 bridgehead atoms. The first kappa shape index (κ1) is 20.6. The van der Waals surface area contributed by atoms with E-state index in [1.54, 1.807) is 6.07 Å². The van der Waals surface area contributed by atoms with Crippen molar-refractivity contribution in [3.8, 4) is 0 Å². The van der Waals surface area contributed by atoms with Crippen LogP contribution in [-0.2, 0) is 21.7 Å². The summed E-state index contributed by atoms with van der Waals surface area (Å²) in [5.41, 5.74) is 2.40. The van der Waals surface area contributed by atoms with Gasteiger partial charge in [-0.3, -0.25) is 0 Å². The van der Waals surface area contributed by atoms with Crippen molar-refractivity contribution in [3.05, 3.63) is 68.4 Å². The first-order valence-electron chi connectivity index (χ1n) is 9.10. The molecule has 0 aromatic heterocycles. The molecule has 3 aliphatic rings. The van der Waals surface area contributed by atoms with Crippen molar-refractivity contribution < 1.29 is 22.3 Å². The second kappa shape index (κ2) is 6.84. The monoisotopic (exact) mass is 476 g/mol. The lowest BCUT2D eigenvalue weighted by Crippen LogP contribution is -2.56. The largest absolute Gasteiger partial charge is 0.409 e. The molecule has 1 saturated heterocycles. The molecule has 0 saturated carbocycles. The SMILES string of the molecule is Fc1c(Cl)cc(C2(C(F)(F)F)CC(c3ccc4c(c3)COC43CNC3)=NS2)cc1Cl. The Labute approximate surface area is 183 Å². The highest BCUT2D eigenvalue weighted by atomic mass is 35.5. The van der Waals surface area contributed by atoms with Crippen LogP contribution in [0.1, 0.15) is 28.7 Å². The van der Waals surface area contributed by atoms with Gasteiger partial charge in [0.1, 0.15) is 5.60 Å². The number of benzene rings is 2. The third kappa shape index (κ3) is 2.92. The third-order valence-electron chi connectivity index (χ3n) is 5.89. The maximum Gasteiger partial charge on any atom is 0.409 e. The molecule has 1 fully saturated rings. The topological polar surface area (TPSA) is 33.6 Å². The Morgan fingerprint density at radius 3 is 2.40 bits per heavy atom. The smallest absolute Gasteiger partial charge is 0.363 e. The summed E-state index contributed by atoms with van der Waals surface area (Å²) >= 11 is 12.0. The van der Waals surface area contributed by atoms with Gasteiger partial charge in [0, 0.05) is 19.5 Å². The van der Waals surface area contributed by atoms with Crippen molar-refractivity contribution in [2.24, 2.45) is 4.40 Å². The lowest BCUT2D eigenvalue weighted by Gasteiger charge is -2.39. The van der Waals surface area contributed by atoms with Crippen molar-refractivity contribution in [2.75, 3.05) is 13.1 Å². The van der Waals surface area contributed by atoms with Crippen LogP contribution in [0.4, 0.5) is 17.6 Å². The molecule has 1 N–H and O–H groups in total. The average Bonchev–Trinajstić information content (AvgIpc) is 3.27. The van der Waals surface area contributed by atoms with Crippen LogP contribution in [0.15, 0.2) is 34.7 Å². The number of ether oxygens (including phenoxy) is 1. The summed E-state index contributed by atoms with van der Waals surface area (Å²) < 4.78 is 64.2.